The van der Waals surface area contributed by atoms with Crippen molar-refractivity contribution >= 4 is 7.60 Å². The summed E-state index contributed by atoms with van der Waals surface area (Å²) in [7, 11) is -3.46. The molecule has 1 aliphatic carbocycles. The van der Waals surface area contributed by atoms with Gasteiger partial charge in [-0.15, -0.1) is 6.42 Å². The van der Waals surface area contributed by atoms with Crippen molar-refractivity contribution in [1.29, 1.82) is 0 Å². The minimum Gasteiger partial charge on any atom is -0.324 e. The Bertz CT molecular complexity index is 290. The highest BCUT2D eigenvalue weighted by Crippen LogP contribution is 2.44. The lowest BCUT2D eigenvalue weighted by Gasteiger charge is -2.25. The normalized spacial score (nSPS) is 27.0. The molecule has 0 aromatic rings. The SMILES string of the molecule is C#CC(OP(=O)(O)CC)C1C=CC1. The highest BCUT2D eigenvalue weighted by atomic mass is 31.2. The first-order chi connectivity index (χ1) is 6.09. The second-order valence-corrected chi connectivity index (χ2v) is 5.09. The van der Waals surface area contributed by atoms with Gasteiger partial charge in [0.15, 0.2) is 0 Å². The van der Waals surface area contributed by atoms with Crippen molar-refractivity contribution < 1.29 is 14.0 Å². The highest BCUT2D eigenvalue weighted by molar-refractivity contribution is 7.52. The van der Waals surface area contributed by atoms with Gasteiger partial charge in [-0.3, -0.25) is 9.09 Å². The van der Waals surface area contributed by atoms with Crippen LogP contribution in [0.1, 0.15) is 13.3 Å². The molecule has 3 nitrogen and oxygen atoms in total. The second kappa shape index (κ2) is 4.11. The second-order valence-electron chi connectivity index (χ2n) is 2.97. The van der Waals surface area contributed by atoms with E-state index in [0.29, 0.717) is 0 Å². The Morgan fingerprint density at radius 2 is 2.54 bits per heavy atom. The molecule has 0 radical (unpaired) electrons. The Hall–Kier alpha value is -0.550. The first-order valence-corrected chi connectivity index (χ1v) is 5.98. The van der Waals surface area contributed by atoms with Crippen LogP contribution in [0.5, 0.6) is 0 Å². The van der Waals surface area contributed by atoms with Crippen molar-refractivity contribution in [2.75, 3.05) is 6.16 Å². The van der Waals surface area contributed by atoms with Gasteiger partial charge in [0.1, 0.15) is 6.10 Å². The Balaban J connectivity index is 2.55. The van der Waals surface area contributed by atoms with Crippen LogP contribution in [0.2, 0.25) is 0 Å². The van der Waals surface area contributed by atoms with E-state index in [2.05, 4.69) is 5.92 Å². The average molecular weight is 200 g/mol. The molecular formula is C9H13O3P. The maximum atomic E-state index is 11.2. The zero-order valence-electron chi connectivity index (χ0n) is 7.51. The summed E-state index contributed by atoms with van der Waals surface area (Å²) in [5.74, 6) is 2.50. The lowest BCUT2D eigenvalue weighted by atomic mass is 9.90. The molecule has 0 aromatic heterocycles. The van der Waals surface area contributed by atoms with Crippen LogP contribution in [-0.2, 0) is 9.09 Å². The Morgan fingerprint density at radius 3 is 2.85 bits per heavy atom. The maximum Gasteiger partial charge on any atom is 0.329 e. The van der Waals surface area contributed by atoms with Gasteiger partial charge in [-0.25, -0.2) is 0 Å². The van der Waals surface area contributed by atoms with Crippen LogP contribution in [0.25, 0.3) is 0 Å². The summed E-state index contributed by atoms with van der Waals surface area (Å²) in [5, 5.41) is 0. The van der Waals surface area contributed by atoms with E-state index in [1.54, 1.807) is 6.92 Å². The Labute approximate surface area is 78.3 Å². The average Bonchev–Trinajstić information content (AvgIpc) is 2.00. The van der Waals surface area contributed by atoms with Crippen LogP contribution in [0.3, 0.4) is 0 Å². The fourth-order valence-corrected chi connectivity index (χ4v) is 1.72. The molecule has 1 rings (SSSR count). The first-order valence-electron chi connectivity index (χ1n) is 4.22. The van der Waals surface area contributed by atoms with E-state index < -0.39 is 13.7 Å². The molecule has 0 saturated carbocycles. The fourth-order valence-electron chi connectivity index (χ4n) is 1.00. The van der Waals surface area contributed by atoms with Gasteiger partial charge in [0.25, 0.3) is 0 Å². The summed E-state index contributed by atoms with van der Waals surface area (Å²) in [6.07, 6.45) is 9.45. The summed E-state index contributed by atoms with van der Waals surface area (Å²) < 4.78 is 16.2. The van der Waals surface area contributed by atoms with E-state index in [-0.39, 0.29) is 12.1 Å². The molecule has 4 heteroatoms. The number of terminal acetylenes is 1. The number of hydrogen-bond acceptors (Lipinski definition) is 2. The van der Waals surface area contributed by atoms with E-state index in [0.717, 1.165) is 6.42 Å². The van der Waals surface area contributed by atoms with Crippen LogP contribution in [0.15, 0.2) is 12.2 Å². The largest absolute Gasteiger partial charge is 0.329 e. The summed E-state index contributed by atoms with van der Waals surface area (Å²) in [4.78, 5) is 9.21. The molecule has 0 aromatic carbocycles. The molecule has 0 amide bonds. The molecule has 3 unspecified atom stereocenters. The summed E-state index contributed by atoms with van der Waals surface area (Å²) in [6, 6.07) is 0. The molecule has 0 heterocycles. The van der Waals surface area contributed by atoms with Crippen molar-refractivity contribution in [2.24, 2.45) is 5.92 Å². The van der Waals surface area contributed by atoms with Crippen LogP contribution < -0.4 is 0 Å². The van der Waals surface area contributed by atoms with Gasteiger partial charge in [0.05, 0.1) is 0 Å². The molecule has 13 heavy (non-hydrogen) atoms. The van der Waals surface area contributed by atoms with Gasteiger partial charge in [-0.1, -0.05) is 25.0 Å². The van der Waals surface area contributed by atoms with Gasteiger partial charge >= 0.3 is 7.60 Å². The van der Waals surface area contributed by atoms with Gasteiger partial charge in [-0.05, 0) is 6.42 Å². The summed E-state index contributed by atoms with van der Waals surface area (Å²) in [5.41, 5.74) is 0. The van der Waals surface area contributed by atoms with E-state index in [9.17, 15) is 9.46 Å². The maximum absolute atomic E-state index is 11.2. The fraction of sp³-hybridized carbons (Fsp3) is 0.556. The summed E-state index contributed by atoms with van der Waals surface area (Å²) in [6.45, 7) is 1.60. The van der Waals surface area contributed by atoms with Gasteiger partial charge in [0, 0.05) is 12.1 Å². The number of allylic oxidation sites excluding steroid dienone is 1. The van der Waals surface area contributed by atoms with Crippen LogP contribution in [0.4, 0.5) is 0 Å². The molecule has 0 bridgehead atoms. The van der Waals surface area contributed by atoms with Crippen LogP contribution in [0, 0.1) is 18.3 Å². The van der Waals surface area contributed by atoms with E-state index in [4.69, 9.17) is 10.9 Å². The lowest BCUT2D eigenvalue weighted by Crippen LogP contribution is -2.23. The first kappa shape index (κ1) is 10.5. The standard InChI is InChI=1S/C9H13O3P/c1-3-9(8-6-5-7-8)12-13(10,11)4-2/h1,5-6,8-9H,4,7H2,2H3,(H,10,11). The van der Waals surface area contributed by atoms with E-state index in [1.807, 2.05) is 12.2 Å². The zero-order chi connectivity index (χ0) is 9.90. The minimum atomic E-state index is -3.46. The molecule has 1 aliphatic rings. The minimum absolute atomic E-state index is 0.0988. The molecule has 0 fully saturated rings. The topological polar surface area (TPSA) is 46.5 Å². The predicted molar refractivity (Wildman–Crippen MR) is 51.3 cm³/mol. The Kier molecular flexibility index (Phi) is 3.33. The molecule has 72 valence electrons. The van der Waals surface area contributed by atoms with Crippen LogP contribution in [-0.4, -0.2) is 17.2 Å². The van der Waals surface area contributed by atoms with Gasteiger partial charge in [-0.2, -0.15) is 0 Å². The van der Waals surface area contributed by atoms with E-state index in [1.165, 1.54) is 0 Å². The molecular weight excluding hydrogens is 187 g/mol. The third-order valence-electron chi connectivity index (χ3n) is 2.02. The molecule has 1 N–H and O–H groups in total. The third kappa shape index (κ3) is 2.70. The molecule has 0 saturated heterocycles. The third-order valence-corrected chi connectivity index (χ3v) is 3.38. The molecule has 3 atom stereocenters. The van der Waals surface area contributed by atoms with Crippen molar-refractivity contribution in [3.05, 3.63) is 12.2 Å². The highest BCUT2D eigenvalue weighted by Gasteiger charge is 2.28. The monoisotopic (exact) mass is 200 g/mol. The van der Waals surface area contributed by atoms with Crippen molar-refractivity contribution in [2.45, 2.75) is 19.4 Å². The molecule has 0 aliphatic heterocycles. The van der Waals surface area contributed by atoms with Crippen molar-refractivity contribution in [3.63, 3.8) is 0 Å². The number of hydrogen-bond donors (Lipinski definition) is 1. The summed E-state index contributed by atoms with van der Waals surface area (Å²) >= 11 is 0. The lowest BCUT2D eigenvalue weighted by molar-refractivity contribution is 0.177. The molecule has 0 spiro atoms. The Morgan fingerprint density at radius 1 is 1.92 bits per heavy atom. The van der Waals surface area contributed by atoms with Gasteiger partial charge < -0.3 is 4.89 Å². The van der Waals surface area contributed by atoms with Crippen LogP contribution >= 0.6 is 7.60 Å². The van der Waals surface area contributed by atoms with Gasteiger partial charge in [0.2, 0.25) is 0 Å². The van der Waals surface area contributed by atoms with E-state index >= 15 is 0 Å². The quantitative estimate of drug-likeness (QED) is 0.427. The van der Waals surface area contributed by atoms with Crippen molar-refractivity contribution in [1.82, 2.24) is 0 Å². The predicted octanol–water partition coefficient (Wildman–Crippen LogP) is 1.79. The smallest absolute Gasteiger partial charge is 0.324 e. The zero-order valence-corrected chi connectivity index (χ0v) is 8.41. The van der Waals surface area contributed by atoms with Crippen molar-refractivity contribution in [3.8, 4) is 12.3 Å². The number of rotatable bonds is 4.